The Bertz CT molecular complexity index is 967. The van der Waals surface area contributed by atoms with Crippen LogP contribution in [0.15, 0.2) is 82.6 Å². The number of ether oxygens (including phenoxy) is 4. The maximum atomic E-state index is 6.06. The van der Waals surface area contributed by atoms with E-state index in [0.29, 0.717) is 26.1 Å². The molecule has 5 rings (SSSR count). The van der Waals surface area contributed by atoms with Gasteiger partial charge in [0, 0.05) is 35.4 Å². The highest BCUT2D eigenvalue weighted by atomic mass is 16.6. The van der Waals surface area contributed by atoms with Crippen molar-refractivity contribution in [2.75, 3.05) is 26.4 Å². The molecular formula is C26H28N2O4. The molecule has 2 atom stereocenters. The Morgan fingerprint density at radius 1 is 0.719 bits per heavy atom. The molecule has 1 aromatic carbocycles. The van der Waals surface area contributed by atoms with Crippen molar-refractivity contribution in [3.63, 3.8) is 0 Å². The van der Waals surface area contributed by atoms with Gasteiger partial charge >= 0.3 is 0 Å². The number of hydrogen-bond donors (Lipinski definition) is 2. The lowest BCUT2D eigenvalue weighted by atomic mass is 9.98. The molecule has 6 nitrogen and oxygen atoms in total. The van der Waals surface area contributed by atoms with Crippen molar-refractivity contribution in [3.05, 3.63) is 93.8 Å². The fourth-order valence-electron chi connectivity index (χ4n) is 3.62. The molecule has 0 radical (unpaired) electrons. The van der Waals surface area contributed by atoms with Crippen LogP contribution in [0.2, 0.25) is 0 Å². The third-order valence-corrected chi connectivity index (χ3v) is 5.59. The largest absolute Gasteiger partial charge is 0.490 e. The Kier molecular flexibility index (Phi) is 5.88. The third kappa shape index (κ3) is 5.52. The molecule has 4 aliphatic rings. The van der Waals surface area contributed by atoms with Gasteiger partial charge in [0.15, 0.2) is 0 Å². The quantitative estimate of drug-likeness (QED) is 0.610. The van der Waals surface area contributed by atoms with Crippen LogP contribution in [-0.2, 0) is 18.9 Å². The monoisotopic (exact) mass is 432 g/mol. The molecule has 0 aromatic heterocycles. The van der Waals surface area contributed by atoms with Gasteiger partial charge in [-0.25, -0.2) is 0 Å². The lowest BCUT2D eigenvalue weighted by Gasteiger charge is -2.18. The van der Waals surface area contributed by atoms with Gasteiger partial charge in [-0.15, -0.1) is 0 Å². The highest BCUT2D eigenvalue weighted by Gasteiger charge is 2.25. The average molecular weight is 433 g/mol. The SMILES string of the molecule is NC1=CC=C(OCC2CO2)C(=Cc2ccc(C=C3CC(N)=CC=C3OCC3CO3)cc2)C1. The van der Waals surface area contributed by atoms with Gasteiger partial charge in [0.1, 0.15) is 36.9 Å². The van der Waals surface area contributed by atoms with Gasteiger partial charge in [-0.3, -0.25) is 0 Å². The summed E-state index contributed by atoms with van der Waals surface area (Å²) < 4.78 is 22.4. The van der Waals surface area contributed by atoms with E-state index in [9.17, 15) is 0 Å². The second kappa shape index (κ2) is 9.10. The van der Waals surface area contributed by atoms with Gasteiger partial charge in [-0.05, 0) is 47.6 Å². The highest BCUT2D eigenvalue weighted by molar-refractivity contribution is 5.64. The minimum absolute atomic E-state index is 0.219. The van der Waals surface area contributed by atoms with Gasteiger partial charge in [-0.1, -0.05) is 24.3 Å². The summed E-state index contributed by atoms with van der Waals surface area (Å²) in [5.74, 6) is 1.72. The molecule has 32 heavy (non-hydrogen) atoms. The van der Waals surface area contributed by atoms with Crippen LogP contribution < -0.4 is 11.5 Å². The van der Waals surface area contributed by atoms with Crippen LogP contribution in [0.4, 0.5) is 0 Å². The van der Waals surface area contributed by atoms with Crippen LogP contribution in [-0.4, -0.2) is 38.6 Å². The van der Waals surface area contributed by atoms with Crippen LogP contribution in [0.5, 0.6) is 0 Å². The van der Waals surface area contributed by atoms with E-state index in [1.807, 2.05) is 24.3 Å². The summed E-state index contributed by atoms with van der Waals surface area (Å²) in [7, 11) is 0. The maximum Gasteiger partial charge on any atom is 0.123 e. The van der Waals surface area contributed by atoms with Crippen molar-refractivity contribution in [1.29, 1.82) is 0 Å². The van der Waals surface area contributed by atoms with Crippen LogP contribution in [0, 0.1) is 0 Å². The molecule has 6 heteroatoms. The van der Waals surface area contributed by atoms with Gasteiger partial charge in [0.2, 0.25) is 0 Å². The molecule has 0 bridgehead atoms. The standard InChI is InChI=1S/C26H28N2O4/c27-21-5-7-25(31-15-23-13-29-23)19(11-21)9-17-1-2-18(4-3-17)10-20-12-22(28)6-8-26(20)32-16-24-14-30-24/h1-10,23-24H,11-16,27-28H2. The molecule has 2 saturated heterocycles. The molecular weight excluding hydrogens is 404 g/mol. The highest BCUT2D eigenvalue weighted by Crippen LogP contribution is 2.29. The number of hydrogen-bond acceptors (Lipinski definition) is 6. The number of epoxide rings is 2. The fraction of sp³-hybridized carbons (Fsp3) is 0.308. The van der Waals surface area contributed by atoms with E-state index in [1.54, 1.807) is 0 Å². The van der Waals surface area contributed by atoms with E-state index in [1.165, 1.54) is 0 Å². The van der Waals surface area contributed by atoms with Gasteiger partial charge in [-0.2, -0.15) is 0 Å². The van der Waals surface area contributed by atoms with Gasteiger partial charge in [0.25, 0.3) is 0 Å². The molecule has 1 aromatic rings. The smallest absolute Gasteiger partial charge is 0.123 e. The predicted molar refractivity (Wildman–Crippen MR) is 124 cm³/mol. The Hall–Kier alpha value is -3.22. The summed E-state index contributed by atoms with van der Waals surface area (Å²) in [6.45, 7) is 2.70. The molecule has 166 valence electrons. The summed E-state index contributed by atoms with van der Waals surface area (Å²) in [5.41, 5.74) is 18.1. The molecule has 2 heterocycles. The summed E-state index contributed by atoms with van der Waals surface area (Å²) >= 11 is 0. The van der Waals surface area contributed by atoms with Crippen molar-refractivity contribution in [3.8, 4) is 0 Å². The molecule has 2 unspecified atom stereocenters. The molecule has 2 aliphatic carbocycles. The average Bonchev–Trinajstić information content (AvgIpc) is 3.69. The van der Waals surface area contributed by atoms with Gasteiger partial charge < -0.3 is 30.4 Å². The van der Waals surface area contributed by atoms with Crippen molar-refractivity contribution in [1.82, 2.24) is 0 Å². The second-order valence-electron chi connectivity index (χ2n) is 8.44. The number of allylic oxidation sites excluding steroid dienone is 8. The fourth-order valence-corrected chi connectivity index (χ4v) is 3.62. The van der Waals surface area contributed by atoms with Crippen molar-refractivity contribution in [2.45, 2.75) is 25.0 Å². The Morgan fingerprint density at radius 2 is 1.12 bits per heavy atom. The van der Waals surface area contributed by atoms with Gasteiger partial charge in [0.05, 0.1) is 13.2 Å². The number of benzene rings is 1. The Morgan fingerprint density at radius 3 is 1.50 bits per heavy atom. The first-order valence-corrected chi connectivity index (χ1v) is 11.0. The first-order chi connectivity index (χ1) is 15.6. The van der Waals surface area contributed by atoms with Crippen LogP contribution in [0.1, 0.15) is 24.0 Å². The minimum Gasteiger partial charge on any atom is -0.490 e. The zero-order valence-corrected chi connectivity index (χ0v) is 18.0. The third-order valence-electron chi connectivity index (χ3n) is 5.59. The first kappa shape index (κ1) is 20.7. The maximum absolute atomic E-state index is 6.06. The first-order valence-electron chi connectivity index (χ1n) is 11.0. The topological polar surface area (TPSA) is 95.6 Å². The Balaban J connectivity index is 1.29. The zero-order chi connectivity index (χ0) is 21.9. The van der Waals surface area contributed by atoms with E-state index >= 15 is 0 Å². The Labute approximate surface area is 188 Å². The van der Waals surface area contributed by atoms with E-state index in [2.05, 4.69) is 36.4 Å². The number of nitrogens with two attached hydrogens (primary N) is 2. The summed E-state index contributed by atoms with van der Waals surface area (Å²) in [5, 5.41) is 0. The van der Waals surface area contributed by atoms with E-state index in [-0.39, 0.29) is 12.2 Å². The normalized spacial score (nSPS) is 26.8. The van der Waals surface area contributed by atoms with Crippen LogP contribution >= 0.6 is 0 Å². The van der Waals surface area contributed by atoms with Crippen molar-refractivity contribution in [2.24, 2.45) is 11.5 Å². The van der Waals surface area contributed by atoms with E-state index < -0.39 is 0 Å². The molecule has 2 aliphatic heterocycles. The summed E-state index contributed by atoms with van der Waals surface area (Å²) in [6, 6.07) is 8.39. The molecule has 0 saturated carbocycles. The van der Waals surface area contributed by atoms with Crippen LogP contribution in [0.25, 0.3) is 12.2 Å². The second-order valence-corrected chi connectivity index (χ2v) is 8.44. The molecule has 0 amide bonds. The van der Waals surface area contributed by atoms with Crippen molar-refractivity contribution < 1.29 is 18.9 Å². The predicted octanol–water partition coefficient (Wildman–Crippen LogP) is 3.54. The molecule has 0 spiro atoms. The summed E-state index contributed by atoms with van der Waals surface area (Å²) in [4.78, 5) is 0. The minimum atomic E-state index is 0.219. The molecule has 4 N–H and O–H groups in total. The zero-order valence-electron chi connectivity index (χ0n) is 18.0. The lowest BCUT2D eigenvalue weighted by Crippen LogP contribution is -2.09. The van der Waals surface area contributed by atoms with E-state index in [0.717, 1.165) is 58.4 Å². The number of rotatable bonds is 8. The van der Waals surface area contributed by atoms with Crippen LogP contribution in [0.3, 0.4) is 0 Å². The molecule has 2 fully saturated rings. The van der Waals surface area contributed by atoms with Crippen molar-refractivity contribution >= 4 is 12.2 Å². The van der Waals surface area contributed by atoms with E-state index in [4.69, 9.17) is 30.4 Å². The lowest BCUT2D eigenvalue weighted by molar-refractivity contribution is 0.188. The summed E-state index contributed by atoms with van der Waals surface area (Å²) in [6.07, 6.45) is 13.7.